The third-order valence-electron chi connectivity index (χ3n) is 4.03. The number of hydrogen-bond donors (Lipinski definition) is 1. The van der Waals surface area contributed by atoms with E-state index in [9.17, 15) is 4.79 Å². The van der Waals surface area contributed by atoms with Crippen molar-refractivity contribution >= 4 is 5.91 Å². The van der Waals surface area contributed by atoms with Gasteiger partial charge in [0.1, 0.15) is 5.75 Å². The Balaban J connectivity index is 1.76. The topological polar surface area (TPSA) is 38.3 Å². The Bertz CT molecular complexity index is 634. The average Bonchev–Trinajstić information content (AvgIpc) is 2.55. The van der Waals surface area contributed by atoms with Gasteiger partial charge in [0.15, 0.2) is 0 Å². The number of nitrogens with one attached hydrogen (secondary N) is 1. The number of rotatable bonds is 3. The van der Waals surface area contributed by atoms with Crippen molar-refractivity contribution in [2.24, 2.45) is 0 Å². The first-order valence-corrected chi connectivity index (χ1v) is 7.30. The van der Waals surface area contributed by atoms with Gasteiger partial charge < -0.3 is 10.1 Å². The zero-order chi connectivity index (χ0) is 14.7. The number of amides is 1. The molecule has 3 rings (SSSR count). The molecule has 1 aliphatic rings. The summed E-state index contributed by atoms with van der Waals surface area (Å²) in [6.07, 6.45) is 3.22. The van der Waals surface area contributed by atoms with Gasteiger partial charge in [0.25, 0.3) is 5.91 Å². The van der Waals surface area contributed by atoms with Crippen LogP contribution in [0.5, 0.6) is 5.75 Å². The molecular weight excluding hydrogens is 262 g/mol. The summed E-state index contributed by atoms with van der Waals surface area (Å²) in [6, 6.07) is 15.7. The lowest BCUT2D eigenvalue weighted by Crippen LogP contribution is -2.30. The maximum Gasteiger partial charge on any atom is 0.251 e. The van der Waals surface area contributed by atoms with Crippen molar-refractivity contribution in [2.75, 3.05) is 7.11 Å². The van der Waals surface area contributed by atoms with E-state index >= 15 is 0 Å². The molecule has 1 aliphatic carbocycles. The summed E-state index contributed by atoms with van der Waals surface area (Å²) < 4.78 is 5.11. The van der Waals surface area contributed by atoms with Crippen LogP contribution in [0.25, 0.3) is 0 Å². The van der Waals surface area contributed by atoms with E-state index in [0.29, 0.717) is 5.56 Å². The van der Waals surface area contributed by atoms with E-state index in [0.717, 1.165) is 25.0 Å². The van der Waals surface area contributed by atoms with Crippen LogP contribution in [0.1, 0.15) is 40.4 Å². The highest BCUT2D eigenvalue weighted by molar-refractivity contribution is 5.94. The van der Waals surface area contributed by atoms with E-state index < -0.39 is 0 Å². The van der Waals surface area contributed by atoms with Gasteiger partial charge in [-0.1, -0.05) is 24.3 Å². The average molecular weight is 281 g/mol. The van der Waals surface area contributed by atoms with Crippen molar-refractivity contribution in [3.05, 3.63) is 65.2 Å². The van der Waals surface area contributed by atoms with Crippen molar-refractivity contribution < 1.29 is 9.53 Å². The molecule has 21 heavy (non-hydrogen) atoms. The number of benzene rings is 2. The van der Waals surface area contributed by atoms with Crippen molar-refractivity contribution in [2.45, 2.75) is 25.3 Å². The van der Waals surface area contributed by atoms with Crippen LogP contribution in [0.3, 0.4) is 0 Å². The summed E-state index contributed by atoms with van der Waals surface area (Å²) in [6.45, 7) is 0. The fourth-order valence-electron chi connectivity index (χ4n) is 2.89. The molecule has 0 aromatic heterocycles. The fraction of sp³-hybridized carbons (Fsp3) is 0.278. The van der Waals surface area contributed by atoms with Gasteiger partial charge in [-0.25, -0.2) is 0 Å². The monoisotopic (exact) mass is 281 g/mol. The van der Waals surface area contributed by atoms with Crippen LogP contribution in [0, 0.1) is 0 Å². The Hall–Kier alpha value is -2.29. The third kappa shape index (κ3) is 2.92. The minimum Gasteiger partial charge on any atom is -0.497 e. The van der Waals surface area contributed by atoms with Crippen molar-refractivity contribution in [3.63, 3.8) is 0 Å². The summed E-state index contributed by atoms with van der Waals surface area (Å²) in [4.78, 5) is 12.4. The predicted octanol–water partition coefficient (Wildman–Crippen LogP) is 3.50. The van der Waals surface area contributed by atoms with Gasteiger partial charge in [0, 0.05) is 5.56 Å². The second-order valence-electron chi connectivity index (χ2n) is 5.35. The van der Waals surface area contributed by atoms with Gasteiger partial charge in [-0.15, -0.1) is 0 Å². The minimum absolute atomic E-state index is 0.0284. The van der Waals surface area contributed by atoms with Crippen LogP contribution in [0.2, 0.25) is 0 Å². The molecule has 0 fully saturated rings. The molecule has 0 saturated heterocycles. The lowest BCUT2D eigenvalue weighted by atomic mass is 9.87. The molecule has 0 unspecified atom stereocenters. The molecule has 3 nitrogen and oxygen atoms in total. The molecule has 1 atom stereocenters. The largest absolute Gasteiger partial charge is 0.497 e. The predicted molar refractivity (Wildman–Crippen MR) is 82.6 cm³/mol. The Morgan fingerprint density at radius 2 is 1.90 bits per heavy atom. The maximum absolute atomic E-state index is 12.4. The van der Waals surface area contributed by atoms with Crippen molar-refractivity contribution in [1.82, 2.24) is 5.32 Å². The molecule has 1 N–H and O–H groups in total. The van der Waals surface area contributed by atoms with Crippen LogP contribution in [-0.2, 0) is 6.42 Å². The first-order chi connectivity index (χ1) is 10.3. The number of carbonyl (C=O) groups is 1. The molecule has 0 bridgehead atoms. The molecule has 0 heterocycles. The van der Waals surface area contributed by atoms with Gasteiger partial charge >= 0.3 is 0 Å². The Labute approximate surface area is 124 Å². The molecule has 0 spiro atoms. The number of carbonyl (C=O) groups excluding carboxylic acids is 1. The van der Waals surface area contributed by atoms with Gasteiger partial charge in [-0.2, -0.15) is 0 Å². The minimum atomic E-state index is -0.0284. The molecule has 2 aromatic carbocycles. The number of ether oxygens (including phenoxy) is 1. The normalized spacial score (nSPS) is 16.9. The second-order valence-corrected chi connectivity index (χ2v) is 5.35. The van der Waals surface area contributed by atoms with E-state index in [4.69, 9.17) is 4.74 Å². The quantitative estimate of drug-likeness (QED) is 0.935. The highest BCUT2D eigenvalue weighted by Crippen LogP contribution is 2.29. The van der Waals surface area contributed by atoms with Gasteiger partial charge in [-0.05, 0) is 54.7 Å². The maximum atomic E-state index is 12.4. The lowest BCUT2D eigenvalue weighted by molar-refractivity contribution is 0.0932. The molecule has 0 saturated carbocycles. The van der Waals surface area contributed by atoms with E-state index in [2.05, 4.69) is 23.5 Å². The van der Waals surface area contributed by atoms with Crippen LogP contribution in [-0.4, -0.2) is 13.0 Å². The zero-order valence-corrected chi connectivity index (χ0v) is 12.1. The summed E-state index contributed by atoms with van der Waals surface area (Å²) in [5, 5.41) is 3.15. The highest BCUT2D eigenvalue weighted by Gasteiger charge is 2.21. The number of methoxy groups -OCH3 is 1. The second kappa shape index (κ2) is 6.00. The van der Waals surface area contributed by atoms with Gasteiger partial charge in [0.2, 0.25) is 0 Å². The van der Waals surface area contributed by atoms with Crippen molar-refractivity contribution in [1.29, 1.82) is 0 Å². The van der Waals surface area contributed by atoms with E-state index in [1.54, 1.807) is 19.2 Å². The van der Waals surface area contributed by atoms with Crippen molar-refractivity contribution in [3.8, 4) is 5.75 Å². The summed E-state index contributed by atoms with van der Waals surface area (Å²) in [7, 11) is 1.62. The van der Waals surface area contributed by atoms with Crippen LogP contribution < -0.4 is 10.1 Å². The number of fused-ring (bicyclic) bond motifs is 1. The number of aryl methyl sites for hydroxylation is 1. The van der Waals surface area contributed by atoms with Gasteiger partial charge in [0.05, 0.1) is 13.2 Å². The first kappa shape index (κ1) is 13.7. The summed E-state index contributed by atoms with van der Waals surface area (Å²) in [5.74, 6) is 0.730. The lowest BCUT2D eigenvalue weighted by Gasteiger charge is -2.26. The standard InChI is InChI=1S/C18H19NO2/c1-21-15-11-9-14(10-12-15)18(20)19-17-8-4-6-13-5-2-3-7-16(13)17/h2-3,5,7,9-12,17H,4,6,8H2,1H3,(H,19,20)/t17-/m1/s1. The van der Waals surface area contributed by atoms with E-state index in [1.807, 2.05) is 18.2 Å². The SMILES string of the molecule is COc1ccc(C(=O)N[C@@H]2CCCc3ccccc32)cc1. The molecule has 3 heteroatoms. The van der Waals surface area contributed by atoms with Crippen LogP contribution in [0.15, 0.2) is 48.5 Å². The molecular formula is C18H19NO2. The molecule has 0 aliphatic heterocycles. The highest BCUT2D eigenvalue weighted by atomic mass is 16.5. The summed E-state index contributed by atoms with van der Waals surface area (Å²) in [5.41, 5.74) is 3.27. The van der Waals surface area contributed by atoms with E-state index in [1.165, 1.54) is 11.1 Å². The summed E-state index contributed by atoms with van der Waals surface area (Å²) >= 11 is 0. The van der Waals surface area contributed by atoms with Crippen LogP contribution >= 0.6 is 0 Å². The Kier molecular flexibility index (Phi) is 3.91. The molecule has 1 amide bonds. The molecule has 0 radical (unpaired) electrons. The Morgan fingerprint density at radius 3 is 2.67 bits per heavy atom. The molecule has 108 valence electrons. The Morgan fingerprint density at radius 1 is 1.14 bits per heavy atom. The fourth-order valence-corrected chi connectivity index (χ4v) is 2.89. The zero-order valence-electron chi connectivity index (χ0n) is 12.1. The number of hydrogen-bond acceptors (Lipinski definition) is 2. The smallest absolute Gasteiger partial charge is 0.251 e. The van der Waals surface area contributed by atoms with Gasteiger partial charge in [-0.3, -0.25) is 4.79 Å². The van der Waals surface area contributed by atoms with E-state index in [-0.39, 0.29) is 11.9 Å². The first-order valence-electron chi connectivity index (χ1n) is 7.30. The van der Waals surface area contributed by atoms with Crippen LogP contribution in [0.4, 0.5) is 0 Å². The third-order valence-corrected chi connectivity index (χ3v) is 4.03. The molecule has 2 aromatic rings.